The monoisotopic (exact) mass is 407 g/mol. The van der Waals surface area contributed by atoms with Crippen molar-refractivity contribution in [3.63, 3.8) is 0 Å². The van der Waals surface area contributed by atoms with E-state index in [-0.39, 0.29) is 22.7 Å². The van der Waals surface area contributed by atoms with Crippen LogP contribution in [0.4, 0.5) is 23.2 Å². The van der Waals surface area contributed by atoms with Crippen LogP contribution in [0.15, 0.2) is 47.4 Å². The molecule has 1 N–H and O–H groups in total. The fourth-order valence-corrected chi connectivity index (χ4v) is 2.76. The first-order valence-electron chi connectivity index (χ1n) is 7.21. The predicted octanol–water partition coefficient (Wildman–Crippen LogP) is 3.55. The van der Waals surface area contributed by atoms with E-state index in [1.165, 1.54) is 19.2 Å². The number of ether oxygens (including phenoxy) is 2. The van der Waals surface area contributed by atoms with Crippen LogP contribution in [-0.4, -0.2) is 33.8 Å². The number of methoxy groups -OCH3 is 1. The first-order valence-corrected chi connectivity index (χ1v) is 8.76. The number of carbonyl (C=O) groups is 1. The Kier molecular flexibility index (Phi) is 6.26. The summed E-state index contributed by atoms with van der Waals surface area (Å²) in [5, 5.41) is 2.41. The van der Waals surface area contributed by atoms with Crippen LogP contribution < -0.4 is 14.8 Å². The lowest BCUT2D eigenvalue weighted by Crippen LogP contribution is -2.14. The third kappa shape index (κ3) is 4.88. The second kappa shape index (κ2) is 8.25. The lowest BCUT2D eigenvalue weighted by atomic mass is 10.2. The van der Waals surface area contributed by atoms with Gasteiger partial charge in [0.1, 0.15) is 0 Å². The van der Waals surface area contributed by atoms with Gasteiger partial charge >= 0.3 is 12.4 Å². The van der Waals surface area contributed by atoms with E-state index >= 15 is 0 Å². The quantitative estimate of drug-likeness (QED) is 0.710. The second-order valence-corrected chi connectivity index (χ2v) is 6.95. The smallest absolute Gasteiger partial charge is 0.387 e. The molecule has 0 heterocycles. The average Bonchev–Trinajstić information content (AvgIpc) is 2.61. The molecule has 0 atom stereocenters. The summed E-state index contributed by atoms with van der Waals surface area (Å²) in [4.78, 5) is 11.6. The zero-order chi connectivity index (χ0) is 20.2. The summed E-state index contributed by atoms with van der Waals surface area (Å²) < 4.78 is 81.4. The minimum Gasteiger partial charge on any atom is -0.493 e. The maximum atomic E-state index is 12.5. The van der Waals surface area contributed by atoms with Crippen molar-refractivity contribution in [3.8, 4) is 11.5 Å². The van der Waals surface area contributed by atoms with E-state index < -0.39 is 33.0 Å². The van der Waals surface area contributed by atoms with Gasteiger partial charge in [-0.15, -0.1) is 0 Å². The molecule has 0 spiro atoms. The molecule has 2 aromatic rings. The lowest BCUT2D eigenvalue weighted by molar-refractivity contribution is -0.0512. The molecular formula is C16H13F4NO5S. The van der Waals surface area contributed by atoms with Gasteiger partial charge < -0.3 is 14.8 Å². The zero-order valence-corrected chi connectivity index (χ0v) is 14.5. The molecule has 0 saturated carbocycles. The Morgan fingerprint density at radius 1 is 1.00 bits per heavy atom. The van der Waals surface area contributed by atoms with Gasteiger partial charge in [-0.3, -0.25) is 4.79 Å². The third-order valence-electron chi connectivity index (χ3n) is 3.32. The van der Waals surface area contributed by atoms with Crippen molar-refractivity contribution in [1.82, 2.24) is 0 Å². The number of halogens is 4. The number of rotatable bonds is 7. The number of hydrogen-bond acceptors (Lipinski definition) is 5. The average molecular weight is 407 g/mol. The van der Waals surface area contributed by atoms with E-state index in [9.17, 15) is 30.8 Å². The molecule has 0 aliphatic carbocycles. The number of anilines is 1. The Morgan fingerprint density at radius 3 is 2.15 bits per heavy atom. The Labute approximate surface area is 151 Å². The molecule has 1 amide bonds. The Balaban J connectivity index is 2.18. The van der Waals surface area contributed by atoms with Crippen LogP contribution in [0.25, 0.3) is 0 Å². The molecule has 2 aromatic carbocycles. The summed E-state index contributed by atoms with van der Waals surface area (Å²) in [5.41, 5.74) is 0.179. The summed E-state index contributed by atoms with van der Waals surface area (Å²) in [5.74, 6) is -4.58. The molecule has 0 aliphatic heterocycles. The van der Waals surface area contributed by atoms with Crippen molar-refractivity contribution in [2.45, 2.75) is 17.3 Å². The summed E-state index contributed by atoms with van der Waals surface area (Å²) >= 11 is 0. The molecule has 0 unspecified atom stereocenters. The fraction of sp³-hybridized carbons (Fsp3) is 0.188. The predicted molar refractivity (Wildman–Crippen MR) is 87.2 cm³/mol. The maximum absolute atomic E-state index is 12.5. The maximum Gasteiger partial charge on any atom is 0.387 e. The van der Waals surface area contributed by atoms with Crippen LogP contribution in [0, 0.1) is 0 Å². The Bertz CT molecular complexity index is 917. The van der Waals surface area contributed by atoms with Crippen LogP contribution in [-0.2, 0) is 9.84 Å². The van der Waals surface area contributed by atoms with E-state index in [0.717, 1.165) is 30.3 Å². The summed E-state index contributed by atoms with van der Waals surface area (Å²) in [7, 11) is -3.53. The normalized spacial score (nSPS) is 11.5. The van der Waals surface area contributed by atoms with Gasteiger partial charge in [-0.05, 0) is 42.5 Å². The molecule has 0 radical (unpaired) electrons. The van der Waals surface area contributed by atoms with Gasteiger partial charge in [0.2, 0.25) is 9.84 Å². The third-order valence-corrected chi connectivity index (χ3v) is 4.72. The van der Waals surface area contributed by atoms with Crippen LogP contribution >= 0.6 is 0 Å². The molecule has 146 valence electrons. The van der Waals surface area contributed by atoms with E-state index in [1.54, 1.807) is 0 Å². The molecule has 0 aromatic heterocycles. The molecule has 6 nitrogen and oxygen atoms in total. The van der Waals surface area contributed by atoms with E-state index in [4.69, 9.17) is 4.74 Å². The van der Waals surface area contributed by atoms with Crippen molar-refractivity contribution in [3.05, 3.63) is 48.0 Å². The first kappa shape index (κ1) is 20.5. The van der Waals surface area contributed by atoms with Crippen LogP contribution in [0.1, 0.15) is 10.4 Å². The minimum atomic E-state index is -4.74. The van der Waals surface area contributed by atoms with Gasteiger partial charge in [-0.25, -0.2) is 8.42 Å². The Morgan fingerprint density at radius 2 is 1.63 bits per heavy atom. The van der Waals surface area contributed by atoms with E-state index in [0.29, 0.717) is 0 Å². The molecule has 0 fully saturated rings. The lowest BCUT2D eigenvalue weighted by Gasteiger charge is -2.12. The van der Waals surface area contributed by atoms with Crippen molar-refractivity contribution in [2.75, 3.05) is 12.4 Å². The van der Waals surface area contributed by atoms with E-state index in [1.807, 2.05) is 0 Å². The summed E-state index contributed by atoms with van der Waals surface area (Å²) in [6.45, 7) is -3.07. The highest BCUT2D eigenvalue weighted by molar-refractivity contribution is 7.91. The number of sulfone groups is 1. The Hall–Kier alpha value is -2.82. The molecule has 2 rings (SSSR count). The zero-order valence-electron chi connectivity index (χ0n) is 13.7. The number of hydrogen-bond donors (Lipinski definition) is 1. The van der Waals surface area contributed by atoms with Gasteiger partial charge in [-0.1, -0.05) is 0 Å². The fourth-order valence-electron chi connectivity index (χ4n) is 2.04. The molecule has 0 bridgehead atoms. The van der Waals surface area contributed by atoms with Crippen LogP contribution in [0.3, 0.4) is 0 Å². The largest absolute Gasteiger partial charge is 0.493 e. The highest BCUT2D eigenvalue weighted by Crippen LogP contribution is 2.30. The van der Waals surface area contributed by atoms with Crippen molar-refractivity contribution in [2.24, 2.45) is 0 Å². The van der Waals surface area contributed by atoms with Gasteiger partial charge in [0, 0.05) is 11.3 Å². The van der Waals surface area contributed by atoms with Crippen LogP contribution in [0.2, 0.25) is 0 Å². The topological polar surface area (TPSA) is 81.7 Å². The van der Waals surface area contributed by atoms with Crippen LogP contribution in [0.5, 0.6) is 11.5 Å². The summed E-state index contributed by atoms with van der Waals surface area (Å²) in [6.07, 6.45) is 0. The highest BCUT2D eigenvalue weighted by atomic mass is 32.2. The van der Waals surface area contributed by atoms with E-state index in [2.05, 4.69) is 10.1 Å². The standard InChI is InChI=1S/C16H13F4NO5S/c1-25-13-8-9(2-7-12(13)26-15(17)18)14(22)21-10-3-5-11(6-4-10)27(23,24)16(19)20/h2-8,15-16H,1H3,(H,21,22). The molecule has 0 saturated heterocycles. The highest BCUT2D eigenvalue weighted by Gasteiger charge is 2.26. The first-order chi connectivity index (χ1) is 12.6. The number of amides is 1. The SMILES string of the molecule is COc1cc(C(=O)Nc2ccc(S(=O)(=O)C(F)F)cc2)ccc1OC(F)F. The number of alkyl halides is 4. The van der Waals surface area contributed by atoms with Crippen molar-refractivity contribution >= 4 is 21.4 Å². The molecule has 0 aliphatic rings. The summed E-state index contributed by atoms with van der Waals surface area (Å²) in [6, 6.07) is 7.64. The van der Waals surface area contributed by atoms with Crippen molar-refractivity contribution < 1.29 is 40.2 Å². The van der Waals surface area contributed by atoms with Gasteiger partial charge in [0.05, 0.1) is 12.0 Å². The number of carbonyl (C=O) groups excluding carboxylic acids is 1. The van der Waals surface area contributed by atoms with Gasteiger partial charge in [0.15, 0.2) is 11.5 Å². The second-order valence-electron chi connectivity index (χ2n) is 5.03. The number of benzene rings is 2. The molecular weight excluding hydrogens is 394 g/mol. The van der Waals surface area contributed by atoms with Gasteiger partial charge in [-0.2, -0.15) is 17.6 Å². The minimum absolute atomic E-state index is 0.0396. The molecule has 11 heteroatoms. The number of nitrogens with one attached hydrogen (secondary N) is 1. The molecule has 27 heavy (non-hydrogen) atoms. The van der Waals surface area contributed by atoms with Gasteiger partial charge in [0.25, 0.3) is 5.91 Å². The van der Waals surface area contributed by atoms with Crippen molar-refractivity contribution in [1.29, 1.82) is 0 Å².